The number of alkyl halides is 1. The van der Waals surface area contributed by atoms with Crippen LogP contribution in [0.5, 0.6) is 0 Å². The van der Waals surface area contributed by atoms with E-state index in [2.05, 4.69) is 9.44 Å². The SMILES string of the molecule is CS(=O)(=O)NC1CC(S(=O)(=O)NC2CC(S(=O)(=O)[O-])CC(S(=O)(=O)[O-])C2)CCC1Cl.[K+].[K+]. The van der Waals surface area contributed by atoms with Gasteiger partial charge in [0, 0.05) is 12.1 Å². The number of hydrogen-bond donors (Lipinski definition) is 2. The summed E-state index contributed by atoms with van der Waals surface area (Å²) in [5, 5.41) is -5.15. The van der Waals surface area contributed by atoms with E-state index in [0.717, 1.165) is 6.26 Å². The molecule has 32 heavy (non-hydrogen) atoms. The summed E-state index contributed by atoms with van der Waals surface area (Å²) in [5.41, 5.74) is 0. The minimum atomic E-state index is -4.95. The first-order valence-electron chi connectivity index (χ1n) is 8.90. The summed E-state index contributed by atoms with van der Waals surface area (Å²) >= 11 is 6.09. The zero-order chi connectivity index (χ0) is 23.1. The van der Waals surface area contributed by atoms with E-state index < -0.39 is 92.8 Å². The Morgan fingerprint density at radius 1 is 0.719 bits per heavy atom. The molecule has 0 saturated heterocycles. The number of hydrogen-bond acceptors (Lipinski definition) is 10. The molecule has 12 nitrogen and oxygen atoms in total. The molecule has 0 heterocycles. The van der Waals surface area contributed by atoms with Crippen LogP contribution in [0.1, 0.15) is 38.5 Å². The van der Waals surface area contributed by atoms with E-state index in [-0.39, 0.29) is 122 Å². The molecule has 19 heteroatoms. The molecular formula is C13H23ClK2N2O10S4. The van der Waals surface area contributed by atoms with Crippen molar-refractivity contribution in [2.45, 2.75) is 71.7 Å². The number of nitrogens with one attached hydrogen (secondary N) is 2. The maximum absolute atomic E-state index is 12.8. The average Bonchev–Trinajstić information content (AvgIpc) is 2.53. The summed E-state index contributed by atoms with van der Waals surface area (Å²) in [6.07, 6.45) is -0.601. The van der Waals surface area contributed by atoms with Crippen LogP contribution in [-0.2, 0) is 40.3 Å². The maximum atomic E-state index is 12.8. The summed E-state index contributed by atoms with van der Waals surface area (Å²) in [5.74, 6) is 0. The van der Waals surface area contributed by atoms with E-state index in [0.29, 0.717) is 0 Å². The first-order chi connectivity index (χ1) is 13.4. The fraction of sp³-hybridized carbons (Fsp3) is 1.00. The van der Waals surface area contributed by atoms with Crippen LogP contribution in [0.2, 0.25) is 0 Å². The van der Waals surface area contributed by atoms with Gasteiger partial charge in [-0.2, -0.15) is 0 Å². The van der Waals surface area contributed by atoms with Crippen molar-refractivity contribution in [3.05, 3.63) is 0 Å². The fourth-order valence-corrected chi connectivity index (χ4v) is 8.81. The first kappa shape index (κ1) is 35.2. The van der Waals surface area contributed by atoms with Gasteiger partial charge in [-0.25, -0.2) is 43.1 Å². The van der Waals surface area contributed by atoms with E-state index >= 15 is 0 Å². The van der Waals surface area contributed by atoms with Crippen LogP contribution in [0, 0.1) is 0 Å². The van der Waals surface area contributed by atoms with Crippen molar-refractivity contribution in [2.75, 3.05) is 6.26 Å². The third-order valence-electron chi connectivity index (χ3n) is 5.29. The third kappa shape index (κ3) is 10.9. The van der Waals surface area contributed by atoms with Crippen LogP contribution in [0.3, 0.4) is 0 Å². The largest absolute Gasteiger partial charge is 1.00 e. The quantitative estimate of drug-likeness (QED) is 0.158. The number of halogens is 1. The summed E-state index contributed by atoms with van der Waals surface area (Å²) in [6.45, 7) is 0. The molecule has 0 aromatic rings. The molecule has 5 unspecified atom stereocenters. The van der Waals surface area contributed by atoms with E-state index in [4.69, 9.17) is 11.6 Å². The Labute approximate surface area is 279 Å². The van der Waals surface area contributed by atoms with Crippen LogP contribution in [-0.4, -0.2) is 82.2 Å². The van der Waals surface area contributed by atoms with Crippen molar-refractivity contribution in [1.29, 1.82) is 0 Å². The molecule has 0 bridgehead atoms. The second kappa shape index (κ2) is 13.3. The molecule has 2 aliphatic rings. The smallest absolute Gasteiger partial charge is 0.748 e. The minimum absolute atomic E-state index is 0. The van der Waals surface area contributed by atoms with Crippen molar-refractivity contribution >= 4 is 51.9 Å². The topological polar surface area (TPSA) is 207 Å². The molecule has 2 fully saturated rings. The van der Waals surface area contributed by atoms with E-state index in [1.165, 1.54) is 0 Å². The van der Waals surface area contributed by atoms with Crippen molar-refractivity contribution in [3.63, 3.8) is 0 Å². The normalized spacial score (nSPS) is 32.4. The summed E-state index contributed by atoms with van der Waals surface area (Å²) in [6, 6.07) is -2.10. The van der Waals surface area contributed by atoms with Crippen LogP contribution >= 0.6 is 11.6 Å². The third-order valence-corrected chi connectivity index (χ3v) is 10.9. The molecule has 178 valence electrons. The van der Waals surface area contributed by atoms with Crippen LogP contribution in [0.15, 0.2) is 0 Å². The summed E-state index contributed by atoms with van der Waals surface area (Å²) in [4.78, 5) is 0. The molecule has 0 aromatic heterocycles. The van der Waals surface area contributed by atoms with Gasteiger partial charge in [-0.05, 0) is 38.5 Å². The van der Waals surface area contributed by atoms with E-state index in [9.17, 15) is 42.8 Å². The minimum Gasteiger partial charge on any atom is -0.748 e. The Morgan fingerprint density at radius 2 is 1.19 bits per heavy atom. The van der Waals surface area contributed by atoms with Gasteiger partial charge in [-0.3, -0.25) is 0 Å². The van der Waals surface area contributed by atoms with E-state index in [1.54, 1.807) is 0 Å². The predicted octanol–water partition coefficient (Wildman–Crippen LogP) is -7.63. The van der Waals surface area contributed by atoms with Crippen molar-refractivity contribution in [2.24, 2.45) is 0 Å². The molecule has 0 spiro atoms. The van der Waals surface area contributed by atoms with Crippen LogP contribution in [0.25, 0.3) is 0 Å². The predicted molar refractivity (Wildman–Crippen MR) is 106 cm³/mol. The Morgan fingerprint density at radius 3 is 1.59 bits per heavy atom. The Kier molecular flexibility index (Phi) is 14.7. The monoisotopic (exact) mass is 608 g/mol. The summed E-state index contributed by atoms with van der Waals surface area (Å²) in [7, 11) is -17.7. The Balaban J connectivity index is 0.00000480. The van der Waals surface area contributed by atoms with E-state index in [1.807, 2.05) is 0 Å². The summed E-state index contributed by atoms with van der Waals surface area (Å²) < 4.78 is 121. The van der Waals surface area contributed by atoms with Crippen LogP contribution in [0.4, 0.5) is 0 Å². The second-order valence-electron chi connectivity index (χ2n) is 7.74. The van der Waals surface area contributed by atoms with Gasteiger partial charge >= 0.3 is 103 Å². The molecule has 0 amide bonds. The van der Waals surface area contributed by atoms with Crippen LogP contribution < -0.4 is 112 Å². The molecule has 2 rings (SSSR count). The fourth-order valence-electron chi connectivity index (χ4n) is 3.89. The second-order valence-corrected chi connectivity index (χ2v) is 15.4. The van der Waals surface area contributed by atoms with Gasteiger partial charge in [0.05, 0.1) is 47.6 Å². The Hall–Kier alpha value is 3.20. The molecule has 0 aromatic carbocycles. The van der Waals surface area contributed by atoms with Gasteiger partial charge in [0.15, 0.2) is 0 Å². The Bertz CT molecular complexity index is 1030. The standard InChI is InChI=1S/C13H25ClN2O10S4.2K/c1-27(17,18)16-13-7-9(2-3-12(13)14)28(19,20)15-8-4-10(29(21,22)23)6-11(5-8)30(24,25)26;;/h8-13,15-16H,2-7H2,1H3,(H,21,22,23)(H,24,25,26);;/q;2*+1/p-2. The molecule has 2 saturated carbocycles. The van der Waals surface area contributed by atoms with Gasteiger partial charge in [0.2, 0.25) is 20.0 Å². The number of sulfonamides is 2. The van der Waals surface area contributed by atoms with Gasteiger partial charge in [-0.15, -0.1) is 11.6 Å². The average molecular weight is 609 g/mol. The molecule has 5 atom stereocenters. The molecule has 2 N–H and O–H groups in total. The van der Waals surface area contributed by atoms with Gasteiger partial charge < -0.3 is 9.11 Å². The maximum Gasteiger partial charge on any atom is 1.00 e. The zero-order valence-electron chi connectivity index (χ0n) is 17.8. The van der Waals surface area contributed by atoms with Crippen molar-refractivity contribution in [3.8, 4) is 0 Å². The molecular weight excluding hydrogens is 586 g/mol. The van der Waals surface area contributed by atoms with Gasteiger partial charge in [-0.1, -0.05) is 0 Å². The molecule has 2 aliphatic carbocycles. The molecule has 0 radical (unpaired) electrons. The van der Waals surface area contributed by atoms with Crippen molar-refractivity contribution < 1.29 is 146 Å². The van der Waals surface area contributed by atoms with Gasteiger partial charge in [0.25, 0.3) is 0 Å². The first-order valence-corrected chi connectivity index (χ1v) is 15.7. The zero-order valence-corrected chi connectivity index (χ0v) is 28.1. The van der Waals surface area contributed by atoms with Gasteiger partial charge in [0.1, 0.15) is 0 Å². The number of rotatable bonds is 7. The van der Waals surface area contributed by atoms with Crippen molar-refractivity contribution in [1.82, 2.24) is 9.44 Å². The molecule has 0 aliphatic heterocycles.